The molecule has 0 radical (unpaired) electrons. The maximum atomic E-state index is 14.1. The van der Waals surface area contributed by atoms with Gasteiger partial charge in [-0.15, -0.1) is 0 Å². The van der Waals surface area contributed by atoms with Gasteiger partial charge in [0.05, 0.1) is 29.9 Å². The second kappa shape index (κ2) is 4.99. The monoisotopic (exact) mass is 282 g/mol. The van der Waals surface area contributed by atoms with Crippen LogP contribution in [0.5, 0.6) is 0 Å². The first kappa shape index (κ1) is 13.3. The summed E-state index contributed by atoms with van der Waals surface area (Å²) in [6.07, 6.45) is 0.790. The molecule has 7 heteroatoms. The average molecular weight is 282 g/mol. The largest absolute Gasteiger partial charge is 0.378 e. The highest BCUT2D eigenvalue weighted by atomic mass is 19.1. The maximum absolute atomic E-state index is 14.1. The number of benzene rings is 1. The second-order valence-electron chi connectivity index (χ2n) is 5.15. The molecule has 0 aliphatic carbocycles. The van der Waals surface area contributed by atoms with Crippen LogP contribution in [0.4, 0.5) is 15.8 Å². The molecule has 1 aromatic carbocycles. The van der Waals surface area contributed by atoms with Crippen molar-refractivity contribution in [2.45, 2.75) is 12.0 Å². The number of ether oxygens (including phenoxy) is 2. The molecule has 0 amide bonds. The Bertz CT molecular complexity index is 531. The fraction of sp³-hybridized carbons (Fsp3) is 0.538. The molecule has 2 aliphatic heterocycles. The number of halogens is 1. The van der Waals surface area contributed by atoms with Crippen molar-refractivity contribution in [3.05, 3.63) is 34.1 Å². The zero-order valence-electron chi connectivity index (χ0n) is 10.9. The molecule has 0 N–H and O–H groups in total. The summed E-state index contributed by atoms with van der Waals surface area (Å²) in [6.45, 7) is 2.77. The van der Waals surface area contributed by atoms with Gasteiger partial charge in [0.15, 0.2) is 5.82 Å². The zero-order valence-corrected chi connectivity index (χ0v) is 10.9. The minimum atomic E-state index is -0.599. The Morgan fingerprint density at radius 1 is 1.40 bits per heavy atom. The molecule has 1 atom stereocenters. The summed E-state index contributed by atoms with van der Waals surface area (Å²) < 4.78 is 25.2. The predicted molar refractivity (Wildman–Crippen MR) is 69.4 cm³/mol. The van der Waals surface area contributed by atoms with Gasteiger partial charge in [0, 0.05) is 32.2 Å². The van der Waals surface area contributed by atoms with Crippen LogP contribution in [0.2, 0.25) is 0 Å². The Kier molecular flexibility index (Phi) is 3.31. The highest BCUT2D eigenvalue weighted by molar-refractivity contribution is 5.53. The van der Waals surface area contributed by atoms with Gasteiger partial charge in [-0.2, -0.15) is 0 Å². The van der Waals surface area contributed by atoms with E-state index in [0.717, 1.165) is 12.5 Å². The van der Waals surface area contributed by atoms with Crippen LogP contribution in [0.1, 0.15) is 6.42 Å². The van der Waals surface area contributed by atoms with E-state index in [0.29, 0.717) is 38.6 Å². The summed E-state index contributed by atoms with van der Waals surface area (Å²) >= 11 is 0. The van der Waals surface area contributed by atoms with E-state index < -0.39 is 10.7 Å². The highest BCUT2D eigenvalue weighted by Gasteiger charge is 2.41. The van der Waals surface area contributed by atoms with Gasteiger partial charge in [0.25, 0.3) is 5.69 Å². The van der Waals surface area contributed by atoms with Crippen LogP contribution >= 0.6 is 0 Å². The van der Waals surface area contributed by atoms with E-state index in [4.69, 9.17) is 9.47 Å². The van der Waals surface area contributed by atoms with Gasteiger partial charge in [-0.3, -0.25) is 10.1 Å². The van der Waals surface area contributed by atoms with Gasteiger partial charge in [0.2, 0.25) is 0 Å². The van der Waals surface area contributed by atoms with Crippen molar-refractivity contribution in [2.75, 3.05) is 37.8 Å². The molecule has 0 aromatic heterocycles. The molecule has 0 bridgehead atoms. The van der Waals surface area contributed by atoms with Crippen molar-refractivity contribution < 1.29 is 18.8 Å². The molecule has 2 saturated heterocycles. The molecule has 6 nitrogen and oxygen atoms in total. The molecule has 2 aliphatic rings. The summed E-state index contributed by atoms with van der Waals surface area (Å²) in [7, 11) is 0. The van der Waals surface area contributed by atoms with Crippen molar-refractivity contribution >= 4 is 11.4 Å². The second-order valence-corrected chi connectivity index (χ2v) is 5.15. The molecule has 1 unspecified atom stereocenters. The Morgan fingerprint density at radius 2 is 2.25 bits per heavy atom. The molecule has 1 aromatic rings. The van der Waals surface area contributed by atoms with Crippen LogP contribution in [0.3, 0.4) is 0 Å². The standard InChI is InChI=1S/C13H15FN2O4/c14-11-7-10(16(17)18)1-2-12(11)15-4-6-20-13(8-15)3-5-19-9-13/h1-2,7H,3-6,8-9H2. The minimum Gasteiger partial charge on any atom is -0.378 e. The molecule has 20 heavy (non-hydrogen) atoms. The van der Waals surface area contributed by atoms with E-state index in [9.17, 15) is 14.5 Å². The van der Waals surface area contributed by atoms with Crippen LogP contribution in [0.15, 0.2) is 18.2 Å². The zero-order chi connectivity index (χ0) is 14.2. The number of hydrogen-bond acceptors (Lipinski definition) is 5. The normalized spacial score (nSPS) is 26.1. The topological polar surface area (TPSA) is 64.8 Å². The molecule has 2 heterocycles. The van der Waals surface area contributed by atoms with E-state index in [1.165, 1.54) is 12.1 Å². The van der Waals surface area contributed by atoms with Gasteiger partial charge in [-0.1, -0.05) is 0 Å². The number of nitro benzene ring substituents is 1. The number of hydrogen-bond donors (Lipinski definition) is 0. The van der Waals surface area contributed by atoms with Gasteiger partial charge >= 0.3 is 0 Å². The number of non-ortho nitro benzene ring substituents is 1. The summed E-state index contributed by atoms with van der Waals surface area (Å²) in [4.78, 5) is 11.9. The van der Waals surface area contributed by atoms with Crippen molar-refractivity contribution in [3.63, 3.8) is 0 Å². The van der Waals surface area contributed by atoms with Crippen LogP contribution in [-0.4, -0.2) is 43.4 Å². The first-order chi connectivity index (χ1) is 9.60. The number of nitrogens with zero attached hydrogens (tertiary/aromatic N) is 2. The number of rotatable bonds is 2. The van der Waals surface area contributed by atoms with Crippen LogP contribution in [0, 0.1) is 15.9 Å². The van der Waals surface area contributed by atoms with E-state index in [2.05, 4.69) is 0 Å². The molecule has 0 saturated carbocycles. The number of morpholine rings is 1. The quantitative estimate of drug-likeness (QED) is 0.610. The third-order valence-electron chi connectivity index (χ3n) is 3.80. The molecular formula is C13H15FN2O4. The van der Waals surface area contributed by atoms with Crippen LogP contribution in [-0.2, 0) is 9.47 Å². The first-order valence-electron chi connectivity index (χ1n) is 6.50. The summed E-state index contributed by atoms with van der Waals surface area (Å²) in [5.41, 5.74) is -0.226. The first-order valence-corrected chi connectivity index (χ1v) is 6.50. The van der Waals surface area contributed by atoms with E-state index >= 15 is 0 Å². The molecule has 3 rings (SSSR count). The summed E-state index contributed by atoms with van der Waals surface area (Å²) in [5.74, 6) is -0.574. The van der Waals surface area contributed by atoms with Gasteiger partial charge in [0.1, 0.15) is 5.60 Å². The lowest BCUT2D eigenvalue weighted by Gasteiger charge is -2.40. The Labute approximate surface area is 115 Å². The van der Waals surface area contributed by atoms with Gasteiger partial charge < -0.3 is 14.4 Å². The van der Waals surface area contributed by atoms with Crippen LogP contribution < -0.4 is 4.90 Å². The van der Waals surface area contributed by atoms with Gasteiger partial charge in [-0.25, -0.2) is 4.39 Å². The summed E-state index contributed by atoms with van der Waals surface area (Å²) in [6, 6.07) is 3.75. The predicted octanol–water partition coefficient (Wildman–Crippen LogP) is 1.73. The van der Waals surface area contributed by atoms with Gasteiger partial charge in [-0.05, 0) is 6.07 Å². The van der Waals surface area contributed by atoms with Crippen molar-refractivity contribution in [1.29, 1.82) is 0 Å². The lowest BCUT2D eigenvalue weighted by molar-refractivity contribution is -0.385. The maximum Gasteiger partial charge on any atom is 0.272 e. The van der Waals surface area contributed by atoms with E-state index in [-0.39, 0.29) is 11.3 Å². The fourth-order valence-corrected chi connectivity index (χ4v) is 2.74. The fourth-order valence-electron chi connectivity index (χ4n) is 2.74. The third-order valence-corrected chi connectivity index (χ3v) is 3.80. The Morgan fingerprint density at radius 3 is 2.90 bits per heavy atom. The Hall–Kier alpha value is -1.73. The SMILES string of the molecule is O=[N+]([O-])c1ccc(N2CCOC3(CCOC3)C2)c(F)c1. The van der Waals surface area contributed by atoms with Crippen molar-refractivity contribution in [2.24, 2.45) is 0 Å². The minimum absolute atomic E-state index is 0.238. The van der Waals surface area contributed by atoms with Crippen LogP contribution in [0.25, 0.3) is 0 Å². The summed E-state index contributed by atoms with van der Waals surface area (Å²) in [5, 5.41) is 10.6. The van der Waals surface area contributed by atoms with Crippen molar-refractivity contribution in [3.8, 4) is 0 Å². The lowest BCUT2D eigenvalue weighted by Crippen LogP contribution is -2.52. The van der Waals surface area contributed by atoms with Crippen molar-refractivity contribution in [1.82, 2.24) is 0 Å². The smallest absolute Gasteiger partial charge is 0.272 e. The van der Waals surface area contributed by atoms with E-state index in [1.807, 2.05) is 4.90 Å². The molecule has 2 fully saturated rings. The lowest BCUT2D eigenvalue weighted by atomic mass is 10.0. The Balaban J connectivity index is 1.83. The third kappa shape index (κ3) is 2.34. The highest BCUT2D eigenvalue weighted by Crippen LogP contribution is 2.32. The number of anilines is 1. The molecule has 1 spiro atoms. The number of nitro groups is 1. The molecule has 108 valence electrons. The molecular weight excluding hydrogens is 267 g/mol. The average Bonchev–Trinajstić information content (AvgIpc) is 2.86. The van der Waals surface area contributed by atoms with E-state index in [1.54, 1.807) is 0 Å².